The minimum Gasteiger partial charge on any atom is -0.489 e. The zero-order chi connectivity index (χ0) is 72.6. The number of amides is 8. The zero-order valence-corrected chi connectivity index (χ0v) is 55.1. The van der Waals surface area contributed by atoms with E-state index in [0.717, 1.165) is 49.7 Å². The highest BCUT2D eigenvalue weighted by Gasteiger charge is 2.35. The van der Waals surface area contributed by atoms with Gasteiger partial charge in [-0.2, -0.15) is 10.6 Å². The third-order valence-electron chi connectivity index (χ3n) is 12.9. The fourth-order valence-corrected chi connectivity index (χ4v) is 10.4. The number of hydroxylamine groups is 1. The third kappa shape index (κ3) is 29.9. The number of aromatic amines is 1. The van der Waals surface area contributed by atoms with Crippen molar-refractivity contribution in [2.24, 2.45) is 5.73 Å². The number of carbonyl (C=O) groups excluding carboxylic acids is 8. The van der Waals surface area contributed by atoms with Gasteiger partial charge in [0, 0.05) is 59.2 Å². The van der Waals surface area contributed by atoms with E-state index in [1.165, 1.54) is 0 Å². The summed E-state index contributed by atoms with van der Waals surface area (Å²) in [5.74, 6) is -16.4. The molecule has 4 aromatic rings. The normalized spacial score (nSPS) is 13.1. The maximum absolute atomic E-state index is 13.9. The lowest BCUT2D eigenvalue weighted by molar-refractivity contribution is -0.145. The van der Waals surface area contributed by atoms with Crippen molar-refractivity contribution < 1.29 is 107 Å². The van der Waals surface area contributed by atoms with Crippen LogP contribution in [0.3, 0.4) is 0 Å². The summed E-state index contributed by atoms with van der Waals surface area (Å²) in [6.07, 6.45) is -4.47. The SMILES string of the molecule is Cc1cccc(-c2c[nH]nc2-c2ccnc(-c3ccc(OC(C)CNC(=O)OCCSSC[C@H](NC(=O)[C@H](CC(=O)O)NC(=O)[C@H](CC(=O)O)NC(=O)[C@H](CCCNC(=N)N)NC(=O)[C@H](CC(=O)O)NC(=O)CC[C@H](NC(=O)CONC(=O)OC(C)(C)C)C(=O)O)C(=O)O)cc3)c2)n1. The van der Waals surface area contributed by atoms with Gasteiger partial charge < -0.3 is 88.0 Å². The molecule has 0 radical (unpaired) electrons. The molecule has 8 amide bonds. The van der Waals surface area contributed by atoms with E-state index in [2.05, 4.69) is 52.1 Å². The lowest BCUT2D eigenvalue weighted by Crippen LogP contribution is -2.59. The van der Waals surface area contributed by atoms with Crippen LogP contribution in [-0.4, -0.2) is 215 Å². The van der Waals surface area contributed by atoms with Crippen molar-refractivity contribution in [2.45, 2.75) is 128 Å². The Bertz CT molecular complexity index is 3480. The van der Waals surface area contributed by atoms with Gasteiger partial charge in [-0.25, -0.2) is 19.2 Å². The molecule has 3 aromatic heterocycles. The van der Waals surface area contributed by atoms with Crippen molar-refractivity contribution in [1.29, 1.82) is 5.41 Å². The second-order valence-electron chi connectivity index (χ2n) is 22.2. The molecule has 0 aliphatic rings. The van der Waals surface area contributed by atoms with Gasteiger partial charge in [-0.3, -0.25) is 68.5 Å². The first-order chi connectivity index (χ1) is 46.3. The highest BCUT2D eigenvalue weighted by Crippen LogP contribution is 2.32. The molecule has 98 heavy (non-hydrogen) atoms. The van der Waals surface area contributed by atoms with Gasteiger partial charge in [0.25, 0.3) is 0 Å². The topological polar surface area (TPSA) is 573 Å². The number of hydrogen-bond acceptors (Lipinski definition) is 23. The molecule has 1 unspecified atom stereocenters. The first kappa shape index (κ1) is 79.6. The molecule has 7 atom stereocenters. The molecule has 37 nitrogen and oxygen atoms in total. The van der Waals surface area contributed by atoms with Gasteiger partial charge in [0.05, 0.1) is 37.2 Å². The van der Waals surface area contributed by atoms with Crippen LogP contribution in [-0.2, 0) is 67.1 Å². The van der Waals surface area contributed by atoms with Crippen LogP contribution < -0.4 is 58.5 Å². The summed E-state index contributed by atoms with van der Waals surface area (Å²) < 4.78 is 16.1. The largest absolute Gasteiger partial charge is 0.489 e. The van der Waals surface area contributed by atoms with Crippen molar-refractivity contribution in [3.05, 3.63) is 72.7 Å². The molecule has 0 bridgehead atoms. The number of carboxylic acid groups (broad SMARTS) is 5. The number of nitrogens with one attached hydrogen (secondary N) is 11. The fourth-order valence-electron chi connectivity index (χ4n) is 8.44. The summed E-state index contributed by atoms with van der Waals surface area (Å²) in [7, 11) is 1.94. The van der Waals surface area contributed by atoms with E-state index in [0.29, 0.717) is 17.1 Å². The minimum absolute atomic E-state index is 0.0484. The predicted octanol–water partition coefficient (Wildman–Crippen LogP) is 0.386. The summed E-state index contributed by atoms with van der Waals surface area (Å²) in [6, 6.07) is 5.09. The van der Waals surface area contributed by atoms with E-state index < -0.39 is 177 Å². The number of hydrogen-bond donors (Lipinski definition) is 17. The molecule has 0 saturated heterocycles. The van der Waals surface area contributed by atoms with Crippen molar-refractivity contribution in [3.63, 3.8) is 0 Å². The van der Waals surface area contributed by atoms with Crippen LogP contribution in [0.25, 0.3) is 33.8 Å². The number of rotatable bonds is 41. The molecule has 532 valence electrons. The van der Waals surface area contributed by atoms with Gasteiger partial charge in [-0.1, -0.05) is 27.7 Å². The Hall–Kier alpha value is -10.8. The Balaban J connectivity index is 1.28. The van der Waals surface area contributed by atoms with E-state index >= 15 is 0 Å². The molecule has 0 fully saturated rings. The molecular weight excluding hydrogens is 1330 g/mol. The molecule has 1 aromatic carbocycles. The number of nitrogens with zero attached hydrogens (tertiary/aromatic N) is 3. The van der Waals surface area contributed by atoms with E-state index in [1.54, 1.807) is 52.2 Å². The molecule has 4 rings (SSSR count). The summed E-state index contributed by atoms with van der Waals surface area (Å²) in [5.41, 5.74) is 11.7. The molecule has 18 N–H and O–H groups in total. The van der Waals surface area contributed by atoms with Crippen LogP contribution in [0.15, 0.2) is 67.0 Å². The lowest BCUT2D eigenvalue weighted by atomic mass is 10.0. The van der Waals surface area contributed by atoms with Gasteiger partial charge in [-0.15, -0.1) is 0 Å². The van der Waals surface area contributed by atoms with Crippen molar-refractivity contribution in [3.8, 4) is 39.5 Å². The first-order valence-electron chi connectivity index (χ1n) is 29.7. The predicted molar refractivity (Wildman–Crippen MR) is 347 cm³/mol. The Morgan fingerprint density at radius 1 is 0.663 bits per heavy atom. The van der Waals surface area contributed by atoms with Crippen molar-refractivity contribution in [1.82, 2.24) is 68.2 Å². The number of carboxylic acids is 5. The molecule has 3 heterocycles. The summed E-state index contributed by atoms with van der Waals surface area (Å²) >= 11 is 0. The maximum atomic E-state index is 13.9. The number of aryl methyl sites for hydroxylation is 1. The number of pyridine rings is 2. The molecule has 0 saturated carbocycles. The van der Waals surface area contributed by atoms with E-state index in [4.69, 9.17) is 30.2 Å². The first-order valence-corrected chi connectivity index (χ1v) is 32.2. The quantitative estimate of drug-likeness (QED) is 0.00939. The number of aliphatic carboxylic acids is 5. The van der Waals surface area contributed by atoms with Crippen molar-refractivity contribution >= 4 is 105 Å². The molecular formula is C59H77N15O22S2. The standard InChI is InChI=1S/C59H77N15O22S2/c1-30-8-6-9-36(66-30)35-27-65-73-49(35)33-17-19-62-39(22-33)32-11-13-34(14-12-32)95-31(2)26-64-57(91)93-20-21-97-98-29-43(55(89)90)72-53(86)42(25-48(81)82)71-52(85)41(24-47(79)80)70-50(83)37(10-7-18-63-56(60)61)69-51(84)40(23-46(77)78)68-44(75)16-15-38(54(87)88)67-45(76)28-94-74-58(92)96-59(3,4)5/h6,8-9,11-14,17,19,22,27,31,37-38,40-43H,7,10,15-16,18,20-21,23-26,28-29H2,1-5H3,(H,64,91)(H,65,73)(H,67,76)(H,68,75)(H,69,84)(H,70,83)(H,71,85)(H,72,86)(H,74,92)(H,77,78)(H,79,80)(H,81,82)(H,87,88)(H,89,90)(H4,60,61,63)/t31?,37-,38-,40-,41-,42-,43-/m0/s1. The number of aromatic nitrogens is 4. The van der Waals surface area contributed by atoms with Crippen LogP contribution in [0.5, 0.6) is 5.75 Å². The average molecular weight is 1410 g/mol. The van der Waals surface area contributed by atoms with Gasteiger partial charge in [0.2, 0.25) is 35.4 Å². The summed E-state index contributed by atoms with van der Waals surface area (Å²) in [4.78, 5) is 178. The number of guanidine groups is 1. The second kappa shape index (κ2) is 39.9. The monoisotopic (exact) mass is 1410 g/mol. The second-order valence-corrected chi connectivity index (χ2v) is 24.8. The highest BCUT2D eigenvalue weighted by atomic mass is 33.1. The number of carbonyl (C=O) groups is 13. The van der Waals surface area contributed by atoms with Gasteiger partial charge in [0.1, 0.15) is 66.0 Å². The number of H-pyrrole nitrogens is 1. The lowest BCUT2D eigenvalue weighted by Gasteiger charge is -2.26. The van der Waals surface area contributed by atoms with Crippen LogP contribution in [0.4, 0.5) is 9.59 Å². The van der Waals surface area contributed by atoms with Gasteiger partial charge in [0.15, 0.2) is 12.6 Å². The average Bonchev–Trinajstić information content (AvgIpc) is 1.61. The van der Waals surface area contributed by atoms with Gasteiger partial charge >= 0.3 is 42.0 Å². The van der Waals surface area contributed by atoms with E-state index in [9.17, 15) is 87.9 Å². The fraction of sp³-hybridized carbons (Fsp3) is 0.441. The Morgan fingerprint density at radius 3 is 1.83 bits per heavy atom. The summed E-state index contributed by atoms with van der Waals surface area (Å²) in [5, 5.41) is 80.9. The minimum atomic E-state index is -2.17. The maximum Gasteiger partial charge on any atom is 0.431 e. The Kier molecular flexibility index (Phi) is 32.4. The van der Waals surface area contributed by atoms with Crippen LogP contribution in [0, 0.1) is 12.3 Å². The van der Waals surface area contributed by atoms with E-state index in [-0.39, 0.29) is 37.6 Å². The van der Waals surface area contributed by atoms with Crippen LogP contribution in [0.1, 0.15) is 78.3 Å². The smallest absolute Gasteiger partial charge is 0.431 e. The molecule has 0 aliphatic heterocycles. The molecule has 39 heteroatoms. The molecule has 0 aliphatic carbocycles. The Labute approximate surface area is 566 Å². The number of ether oxygens (including phenoxy) is 3. The van der Waals surface area contributed by atoms with Crippen LogP contribution in [0.2, 0.25) is 0 Å². The highest BCUT2D eigenvalue weighted by molar-refractivity contribution is 8.76. The van der Waals surface area contributed by atoms with Crippen LogP contribution >= 0.6 is 21.6 Å². The number of alkyl carbamates (subject to hydrolysis) is 1. The zero-order valence-electron chi connectivity index (χ0n) is 53.5. The number of nitrogens with two attached hydrogens (primary N) is 1. The molecule has 0 spiro atoms. The van der Waals surface area contributed by atoms with Gasteiger partial charge in [-0.05, 0) is 102 Å². The Morgan fingerprint density at radius 2 is 1.24 bits per heavy atom. The number of benzene rings is 1. The van der Waals surface area contributed by atoms with Crippen molar-refractivity contribution in [2.75, 3.05) is 37.8 Å². The van der Waals surface area contributed by atoms with E-state index in [1.807, 2.05) is 65.5 Å². The third-order valence-corrected chi connectivity index (χ3v) is 15.3. The summed E-state index contributed by atoms with van der Waals surface area (Å²) in [6.45, 7) is 7.13.